The summed E-state index contributed by atoms with van der Waals surface area (Å²) in [5.41, 5.74) is 0. The quantitative estimate of drug-likeness (QED) is 0.684. The van der Waals surface area contributed by atoms with Crippen molar-refractivity contribution < 1.29 is 9.47 Å². The molecule has 3 nitrogen and oxygen atoms in total. The Kier molecular flexibility index (Phi) is 2.10. The fourth-order valence-corrected chi connectivity index (χ4v) is 1.45. The molecular formula is C9H17NO2. The first-order valence-corrected chi connectivity index (χ1v) is 4.71. The van der Waals surface area contributed by atoms with Crippen molar-refractivity contribution in [2.75, 3.05) is 13.2 Å². The van der Waals surface area contributed by atoms with Crippen LogP contribution in [0.5, 0.6) is 0 Å². The molecule has 1 saturated heterocycles. The summed E-state index contributed by atoms with van der Waals surface area (Å²) in [6.07, 6.45) is 2.91. The highest BCUT2D eigenvalue weighted by Gasteiger charge is 2.33. The van der Waals surface area contributed by atoms with E-state index >= 15 is 0 Å². The van der Waals surface area contributed by atoms with Crippen LogP contribution < -0.4 is 5.32 Å². The molecular weight excluding hydrogens is 154 g/mol. The Morgan fingerprint density at radius 3 is 2.67 bits per heavy atom. The number of rotatable bonds is 3. The van der Waals surface area contributed by atoms with E-state index in [9.17, 15) is 0 Å². The maximum atomic E-state index is 5.64. The van der Waals surface area contributed by atoms with Gasteiger partial charge in [0.2, 0.25) is 0 Å². The van der Waals surface area contributed by atoms with Crippen LogP contribution >= 0.6 is 0 Å². The van der Waals surface area contributed by atoms with Gasteiger partial charge in [-0.25, -0.2) is 0 Å². The van der Waals surface area contributed by atoms with Crippen molar-refractivity contribution in [3.63, 3.8) is 0 Å². The summed E-state index contributed by atoms with van der Waals surface area (Å²) >= 11 is 0. The Morgan fingerprint density at radius 1 is 1.42 bits per heavy atom. The molecule has 3 heteroatoms. The molecule has 1 saturated carbocycles. The molecule has 0 radical (unpaired) electrons. The number of ether oxygens (including phenoxy) is 2. The predicted molar refractivity (Wildman–Crippen MR) is 45.9 cm³/mol. The predicted octanol–water partition coefficient (Wildman–Crippen LogP) is 0.890. The van der Waals surface area contributed by atoms with Crippen LogP contribution in [0, 0.1) is 0 Å². The fourth-order valence-electron chi connectivity index (χ4n) is 1.45. The third-order valence-corrected chi connectivity index (χ3v) is 2.28. The molecule has 0 aromatic rings. The lowest BCUT2D eigenvalue weighted by Gasteiger charge is -2.17. The second-order valence-corrected chi connectivity index (χ2v) is 4.13. The van der Waals surface area contributed by atoms with Gasteiger partial charge in [0.25, 0.3) is 0 Å². The van der Waals surface area contributed by atoms with Gasteiger partial charge < -0.3 is 14.8 Å². The van der Waals surface area contributed by atoms with Crippen LogP contribution in [0.4, 0.5) is 0 Å². The summed E-state index contributed by atoms with van der Waals surface area (Å²) in [5, 5.41) is 3.43. The van der Waals surface area contributed by atoms with Crippen molar-refractivity contribution in [1.29, 1.82) is 0 Å². The molecule has 1 heterocycles. The molecule has 1 atom stereocenters. The summed E-state index contributed by atoms with van der Waals surface area (Å²) in [6, 6.07) is 0.761. The molecule has 1 aliphatic heterocycles. The minimum Gasteiger partial charge on any atom is -0.348 e. The second-order valence-electron chi connectivity index (χ2n) is 4.13. The first-order chi connectivity index (χ1) is 5.66. The molecule has 0 unspecified atom stereocenters. The lowest BCUT2D eigenvalue weighted by atomic mass is 10.3. The van der Waals surface area contributed by atoms with Crippen molar-refractivity contribution in [3.05, 3.63) is 0 Å². The summed E-state index contributed by atoms with van der Waals surface area (Å²) in [6.45, 7) is 5.59. The highest BCUT2D eigenvalue weighted by molar-refractivity contribution is 4.83. The minimum absolute atomic E-state index is 0.251. The lowest BCUT2D eigenvalue weighted by Crippen LogP contribution is -2.31. The minimum atomic E-state index is -0.365. The molecule has 0 bridgehead atoms. The number of nitrogens with one attached hydrogen (secondary N) is 1. The zero-order valence-electron chi connectivity index (χ0n) is 7.80. The molecule has 70 valence electrons. The zero-order chi connectivity index (χ0) is 8.60. The molecule has 0 aromatic heterocycles. The van der Waals surface area contributed by atoms with Crippen molar-refractivity contribution >= 4 is 0 Å². The van der Waals surface area contributed by atoms with E-state index in [1.807, 2.05) is 13.8 Å². The van der Waals surface area contributed by atoms with E-state index in [4.69, 9.17) is 9.47 Å². The lowest BCUT2D eigenvalue weighted by molar-refractivity contribution is -0.137. The van der Waals surface area contributed by atoms with Gasteiger partial charge in [0.05, 0.1) is 12.7 Å². The van der Waals surface area contributed by atoms with Gasteiger partial charge in [0, 0.05) is 12.6 Å². The highest BCUT2D eigenvalue weighted by Crippen LogP contribution is 2.23. The average molecular weight is 171 g/mol. The molecule has 0 amide bonds. The van der Waals surface area contributed by atoms with Crippen molar-refractivity contribution in [1.82, 2.24) is 5.32 Å². The van der Waals surface area contributed by atoms with Gasteiger partial charge in [-0.2, -0.15) is 0 Å². The topological polar surface area (TPSA) is 30.5 Å². The van der Waals surface area contributed by atoms with Crippen LogP contribution in [-0.4, -0.2) is 31.1 Å². The van der Waals surface area contributed by atoms with Crippen LogP contribution in [0.3, 0.4) is 0 Å². The van der Waals surface area contributed by atoms with E-state index in [-0.39, 0.29) is 11.9 Å². The number of hydrogen-bond donors (Lipinski definition) is 1. The van der Waals surface area contributed by atoms with Crippen molar-refractivity contribution in [2.24, 2.45) is 0 Å². The monoisotopic (exact) mass is 171 g/mol. The van der Waals surface area contributed by atoms with Gasteiger partial charge in [0.1, 0.15) is 0 Å². The van der Waals surface area contributed by atoms with Gasteiger partial charge in [0.15, 0.2) is 5.79 Å². The first kappa shape index (κ1) is 8.48. The largest absolute Gasteiger partial charge is 0.348 e. The Balaban J connectivity index is 1.68. The van der Waals surface area contributed by atoms with Crippen LogP contribution in [-0.2, 0) is 9.47 Å². The van der Waals surface area contributed by atoms with E-state index in [0.717, 1.165) is 19.2 Å². The average Bonchev–Trinajstić information content (AvgIpc) is 2.74. The fraction of sp³-hybridized carbons (Fsp3) is 1.00. The van der Waals surface area contributed by atoms with Gasteiger partial charge in [-0.05, 0) is 26.7 Å². The summed E-state index contributed by atoms with van der Waals surface area (Å²) in [5.74, 6) is -0.365. The molecule has 2 rings (SSSR count). The van der Waals surface area contributed by atoms with Crippen molar-refractivity contribution in [3.8, 4) is 0 Å². The Hall–Kier alpha value is -0.120. The van der Waals surface area contributed by atoms with E-state index in [1.54, 1.807) is 0 Å². The van der Waals surface area contributed by atoms with Gasteiger partial charge in [-0.15, -0.1) is 0 Å². The molecule has 0 aromatic carbocycles. The van der Waals surface area contributed by atoms with E-state index < -0.39 is 0 Å². The number of hydrogen-bond acceptors (Lipinski definition) is 3. The Morgan fingerprint density at radius 2 is 2.17 bits per heavy atom. The molecule has 0 spiro atoms. The van der Waals surface area contributed by atoms with Gasteiger partial charge in [-0.1, -0.05) is 0 Å². The zero-order valence-corrected chi connectivity index (χ0v) is 7.80. The maximum Gasteiger partial charge on any atom is 0.163 e. The maximum absolute atomic E-state index is 5.64. The smallest absolute Gasteiger partial charge is 0.163 e. The third-order valence-electron chi connectivity index (χ3n) is 2.28. The van der Waals surface area contributed by atoms with Gasteiger partial charge in [-0.3, -0.25) is 0 Å². The van der Waals surface area contributed by atoms with Crippen LogP contribution in [0.1, 0.15) is 26.7 Å². The molecule has 1 aliphatic carbocycles. The second kappa shape index (κ2) is 2.98. The summed E-state index contributed by atoms with van der Waals surface area (Å²) < 4.78 is 11.1. The first-order valence-electron chi connectivity index (χ1n) is 4.71. The van der Waals surface area contributed by atoms with E-state index in [2.05, 4.69) is 5.32 Å². The highest BCUT2D eigenvalue weighted by atomic mass is 16.7. The third kappa shape index (κ3) is 2.19. The normalized spacial score (nSPS) is 34.0. The summed E-state index contributed by atoms with van der Waals surface area (Å²) in [7, 11) is 0. The standard InChI is InChI=1S/C9H17NO2/c1-9(2)11-6-8(12-9)5-10-7-3-4-7/h7-8,10H,3-6H2,1-2H3/t8-/m0/s1. The molecule has 1 N–H and O–H groups in total. The SMILES string of the molecule is CC1(C)OC[C@H](CNC2CC2)O1. The van der Waals surface area contributed by atoms with Crippen LogP contribution in [0.15, 0.2) is 0 Å². The molecule has 2 fully saturated rings. The Bertz CT molecular complexity index is 166. The molecule has 12 heavy (non-hydrogen) atoms. The molecule has 2 aliphatic rings. The summed E-state index contributed by atoms with van der Waals surface area (Å²) in [4.78, 5) is 0. The van der Waals surface area contributed by atoms with Crippen molar-refractivity contribution in [2.45, 2.75) is 44.6 Å². The van der Waals surface area contributed by atoms with E-state index in [0.29, 0.717) is 0 Å². The Labute approximate surface area is 73.4 Å². The van der Waals surface area contributed by atoms with Crippen LogP contribution in [0.2, 0.25) is 0 Å². The van der Waals surface area contributed by atoms with E-state index in [1.165, 1.54) is 12.8 Å². The van der Waals surface area contributed by atoms with Crippen LogP contribution in [0.25, 0.3) is 0 Å². The van der Waals surface area contributed by atoms with Gasteiger partial charge >= 0.3 is 0 Å².